The lowest BCUT2D eigenvalue weighted by Gasteiger charge is -2.18. The van der Waals surface area contributed by atoms with Gasteiger partial charge in [-0.15, -0.1) is 0 Å². The monoisotopic (exact) mass is 395 g/mol. The molecule has 4 rings (SSSR count). The van der Waals surface area contributed by atoms with Crippen molar-refractivity contribution in [2.24, 2.45) is 0 Å². The van der Waals surface area contributed by atoms with Gasteiger partial charge >= 0.3 is 10.2 Å². The van der Waals surface area contributed by atoms with E-state index in [4.69, 9.17) is 0 Å². The van der Waals surface area contributed by atoms with E-state index in [0.717, 1.165) is 18.6 Å². The van der Waals surface area contributed by atoms with Gasteiger partial charge in [-0.2, -0.15) is 13.4 Å². The molecule has 0 bridgehead atoms. The van der Waals surface area contributed by atoms with Crippen LogP contribution < -0.4 is 14.3 Å². The molecule has 4 N–H and O–H groups in total. The summed E-state index contributed by atoms with van der Waals surface area (Å²) in [6.45, 7) is -0.638. The average Bonchev–Trinajstić information content (AvgIpc) is 3.11. The minimum Gasteiger partial charge on any atom is -0.506 e. The fourth-order valence-electron chi connectivity index (χ4n) is 3.15. The minimum atomic E-state index is -4.26. The Balaban J connectivity index is 1.67. The SMILES string of the molecule is O=C1CN(c2c(O)cc(Nc3nc(O)c4c(n3)CCC4)cc2F)S(=O)(=O)N1. The molecule has 27 heavy (non-hydrogen) atoms. The number of phenolic OH excluding ortho intramolecular Hbond substituents is 1. The second-order valence-electron chi connectivity index (χ2n) is 6.14. The number of phenols is 1. The molecule has 2 aliphatic rings. The summed E-state index contributed by atoms with van der Waals surface area (Å²) in [5.74, 6) is -2.73. The van der Waals surface area contributed by atoms with Crippen molar-refractivity contribution in [3.05, 3.63) is 29.2 Å². The zero-order valence-electron chi connectivity index (χ0n) is 13.7. The number of carbonyl (C=O) groups is 1. The Morgan fingerprint density at radius 1 is 1.22 bits per heavy atom. The highest BCUT2D eigenvalue weighted by Crippen LogP contribution is 2.37. The van der Waals surface area contributed by atoms with Gasteiger partial charge in [0.1, 0.15) is 18.0 Å². The number of nitrogens with one attached hydrogen (secondary N) is 2. The number of aromatic nitrogens is 2. The van der Waals surface area contributed by atoms with Gasteiger partial charge in [0.25, 0.3) is 5.91 Å². The lowest BCUT2D eigenvalue weighted by atomic mass is 10.2. The number of amides is 1. The van der Waals surface area contributed by atoms with E-state index in [0.29, 0.717) is 28.4 Å². The lowest BCUT2D eigenvalue weighted by Crippen LogP contribution is -2.30. The zero-order chi connectivity index (χ0) is 19.3. The van der Waals surface area contributed by atoms with Gasteiger partial charge in [-0.3, -0.25) is 4.79 Å². The van der Waals surface area contributed by atoms with Crippen LogP contribution in [0, 0.1) is 5.82 Å². The fraction of sp³-hybridized carbons (Fsp3) is 0.267. The standard InChI is InChI=1S/C15H14FN5O5S/c16-9-4-7(17-15-18-10-3-1-2-8(10)14(24)19-15)5-11(22)13(9)21-6-12(23)20-27(21,25)26/h4-5,22H,1-3,6H2,(H,20,23)(H2,17,18,19,24). The zero-order valence-corrected chi connectivity index (χ0v) is 14.5. The Bertz CT molecular complexity index is 1050. The van der Waals surface area contributed by atoms with Gasteiger partial charge < -0.3 is 15.5 Å². The molecule has 0 atom stereocenters. The van der Waals surface area contributed by atoms with E-state index >= 15 is 0 Å². The van der Waals surface area contributed by atoms with Crippen LogP contribution in [-0.2, 0) is 27.8 Å². The Kier molecular flexibility index (Phi) is 3.80. The number of hydrogen-bond acceptors (Lipinski definition) is 8. The number of benzene rings is 1. The Morgan fingerprint density at radius 3 is 2.67 bits per heavy atom. The summed E-state index contributed by atoms with van der Waals surface area (Å²) in [6, 6.07) is 2.01. The third-order valence-corrected chi connectivity index (χ3v) is 5.66. The highest BCUT2D eigenvalue weighted by molar-refractivity contribution is 7.92. The van der Waals surface area contributed by atoms with Gasteiger partial charge in [-0.25, -0.2) is 18.4 Å². The molecule has 1 saturated heterocycles. The number of fused-ring (bicyclic) bond motifs is 1. The first kappa shape index (κ1) is 17.3. The van der Waals surface area contributed by atoms with Crippen molar-refractivity contribution in [3.8, 4) is 11.6 Å². The first-order valence-electron chi connectivity index (χ1n) is 7.96. The molecule has 1 amide bonds. The largest absolute Gasteiger partial charge is 0.506 e. The maximum atomic E-state index is 14.5. The molecule has 2 heterocycles. The van der Waals surface area contributed by atoms with Crippen LogP contribution in [0.25, 0.3) is 0 Å². The van der Waals surface area contributed by atoms with Gasteiger partial charge in [-0.1, -0.05) is 0 Å². The molecule has 1 aliphatic carbocycles. The topological polar surface area (TPSA) is 145 Å². The van der Waals surface area contributed by atoms with Gasteiger partial charge in [0.2, 0.25) is 11.8 Å². The Labute approximate surface area is 152 Å². The summed E-state index contributed by atoms with van der Waals surface area (Å²) in [5.41, 5.74) is 0.777. The fourth-order valence-corrected chi connectivity index (χ4v) is 4.32. The molecule has 0 saturated carbocycles. The van der Waals surface area contributed by atoms with Crippen LogP contribution in [0.3, 0.4) is 0 Å². The van der Waals surface area contributed by atoms with E-state index in [2.05, 4.69) is 15.3 Å². The minimum absolute atomic E-state index is 0.0188. The summed E-state index contributed by atoms with van der Waals surface area (Å²) < 4.78 is 40.3. The quantitative estimate of drug-likeness (QED) is 0.586. The van der Waals surface area contributed by atoms with Gasteiger partial charge in [0, 0.05) is 17.3 Å². The predicted octanol–water partition coefficient (Wildman–Crippen LogP) is 0.440. The summed E-state index contributed by atoms with van der Waals surface area (Å²) in [7, 11) is -4.26. The number of aryl methyl sites for hydroxylation is 1. The van der Waals surface area contributed by atoms with E-state index in [-0.39, 0.29) is 17.5 Å². The maximum Gasteiger partial charge on any atom is 0.326 e. The second kappa shape index (κ2) is 5.94. The molecule has 0 unspecified atom stereocenters. The highest BCUT2D eigenvalue weighted by Gasteiger charge is 2.37. The van der Waals surface area contributed by atoms with Crippen molar-refractivity contribution in [2.75, 3.05) is 16.2 Å². The molecular weight excluding hydrogens is 381 g/mol. The van der Waals surface area contributed by atoms with E-state index in [1.54, 1.807) is 4.72 Å². The van der Waals surface area contributed by atoms with Gasteiger partial charge in [0.05, 0.1) is 5.69 Å². The number of rotatable bonds is 3. The summed E-state index contributed by atoms with van der Waals surface area (Å²) in [5, 5.41) is 22.7. The van der Waals surface area contributed by atoms with E-state index in [1.165, 1.54) is 0 Å². The van der Waals surface area contributed by atoms with Crippen molar-refractivity contribution in [2.45, 2.75) is 19.3 Å². The van der Waals surface area contributed by atoms with Crippen LogP contribution in [0.1, 0.15) is 17.7 Å². The lowest BCUT2D eigenvalue weighted by molar-refractivity contribution is -0.117. The molecule has 10 nitrogen and oxygen atoms in total. The maximum absolute atomic E-state index is 14.5. The number of hydrogen-bond donors (Lipinski definition) is 4. The Morgan fingerprint density at radius 2 is 2.00 bits per heavy atom. The molecule has 1 fully saturated rings. The molecule has 1 aromatic carbocycles. The molecule has 12 heteroatoms. The van der Waals surface area contributed by atoms with E-state index in [9.17, 15) is 27.8 Å². The van der Waals surface area contributed by atoms with Gasteiger partial charge in [-0.05, 0) is 25.3 Å². The predicted molar refractivity (Wildman–Crippen MR) is 91.5 cm³/mol. The van der Waals surface area contributed by atoms with Crippen LogP contribution >= 0.6 is 0 Å². The number of carbonyl (C=O) groups excluding carboxylic acids is 1. The number of anilines is 3. The van der Waals surface area contributed by atoms with Crippen LogP contribution in [0.15, 0.2) is 12.1 Å². The summed E-state index contributed by atoms with van der Waals surface area (Å²) in [4.78, 5) is 19.5. The van der Waals surface area contributed by atoms with Crippen LogP contribution in [0.5, 0.6) is 11.6 Å². The first-order chi connectivity index (χ1) is 12.7. The average molecular weight is 395 g/mol. The number of halogens is 1. The third kappa shape index (κ3) is 2.97. The van der Waals surface area contributed by atoms with Crippen molar-refractivity contribution >= 4 is 33.4 Å². The molecule has 0 spiro atoms. The number of aromatic hydroxyl groups is 2. The van der Waals surface area contributed by atoms with Crippen molar-refractivity contribution in [3.63, 3.8) is 0 Å². The second-order valence-corrected chi connectivity index (χ2v) is 7.73. The van der Waals surface area contributed by atoms with Crippen LogP contribution in [-0.4, -0.2) is 41.1 Å². The smallest absolute Gasteiger partial charge is 0.326 e. The molecular formula is C15H14FN5O5S. The summed E-state index contributed by atoms with van der Waals surface area (Å²) in [6.07, 6.45) is 2.22. The first-order valence-corrected chi connectivity index (χ1v) is 9.40. The third-order valence-electron chi connectivity index (χ3n) is 4.28. The van der Waals surface area contributed by atoms with E-state index < -0.39 is 39.9 Å². The molecule has 0 radical (unpaired) electrons. The van der Waals surface area contributed by atoms with E-state index in [1.807, 2.05) is 0 Å². The number of nitrogens with zero attached hydrogens (tertiary/aromatic N) is 3. The molecule has 142 valence electrons. The van der Waals surface area contributed by atoms with Crippen LogP contribution in [0.4, 0.5) is 21.7 Å². The summed E-state index contributed by atoms with van der Waals surface area (Å²) >= 11 is 0. The van der Waals surface area contributed by atoms with Crippen molar-refractivity contribution < 1.29 is 27.8 Å². The Hall–Kier alpha value is -3.15. The normalized spacial score (nSPS) is 17.7. The van der Waals surface area contributed by atoms with Crippen LogP contribution in [0.2, 0.25) is 0 Å². The highest BCUT2D eigenvalue weighted by atomic mass is 32.2. The molecule has 2 aromatic rings. The van der Waals surface area contributed by atoms with Gasteiger partial charge in [0.15, 0.2) is 5.82 Å². The van der Waals surface area contributed by atoms with Crippen molar-refractivity contribution in [1.29, 1.82) is 0 Å². The molecule has 1 aromatic heterocycles. The molecule has 1 aliphatic heterocycles. The van der Waals surface area contributed by atoms with Crippen molar-refractivity contribution in [1.82, 2.24) is 14.7 Å².